The summed E-state index contributed by atoms with van der Waals surface area (Å²) in [5.41, 5.74) is 7.76. The van der Waals surface area contributed by atoms with Gasteiger partial charge in [-0.1, -0.05) is 40.5 Å². The van der Waals surface area contributed by atoms with E-state index in [1.54, 1.807) is 0 Å². The lowest BCUT2D eigenvalue weighted by molar-refractivity contribution is -0.192. The average Bonchev–Trinajstić information content (AvgIpc) is 3.67. The SMILES string of the molecule is C[C@@]12CCC[C@H]1[C@@H]1CCC3CCCC(OC(=O)CC[C@H](N)C(=O)OC4CCCC5CC[C@@H]6[C@@H](CC[C@]7(C)CCC[C@@H]67)[C@]54C)[C@]3(C)[C@@H]1CC2. The molecule has 0 aromatic heterocycles. The third-order valence-corrected chi connectivity index (χ3v) is 18.4. The lowest BCUT2D eigenvalue weighted by atomic mass is 9.44. The third-order valence-electron chi connectivity index (χ3n) is 18.4. The molecule has 0 bridgehead atoms. The van der Waals surface area contributed by atoms with Crippen LogP contribution in [0, 0.1) is 69.0 Å². The van der Waals surface area contributed by atoms with Gasteiger partial charge in [0.1, 0.15) is 18.2 Å². The second-order valence-electron chi connectivity index (χ2n) is 20.1. The van der Waals surface area contributed by atoms with Gasteiger partial charge in [-0.05, 0) is 180 Å². The highest BCUT2D eigenvalue weighted by molar-refractivity contribution is 5.77. The molecule has 8 aliphatic rings. The smallest absolute Gasteiger partial charge is 0.323 e. The zero-order valence-corrected chi connectivity index (χ0v) is 31.1. The summed E-state index contributed by atoms with van der Waals surface area (Å²) < 4.78 is 12.9. The normalized spacial score (nSPS) is 51.6. The van der Waals surface area contributed by atoms with Gasteiger partial charge >= 0.3 is 11.9 Å². The van der Waals surface area contributed by atoms with E-state index in [0.717, 1.165) is 49.4 Å². The number of ether oxygens (including phenoxy) is 2. The van der Waals surface area contributed by atoms with Crippen LogP contribution in [-0.4, -0.2) is 30.2 Å². The van der Waals surface area contributed by atoms with Crippen molar-refractivity contribution in [2.75, 3.05) is 0 Å². The van der Waals surface area contributed by atoms with Gasteiger partial charge in [0.05, 0.1) is 0 Å². The van der Waals surface area contributed by atoms with Crippen LogP contribution in [0.4, 0.5) is 0 Å². The average molecular weight is 664 g/mol. The van der Waals surface area contributed by atoms with Crippen molar-refractivity contribution >= 4 is 11.9 Å². The molecule has 8 saturated carbocycles. The quantitative estimate of drug-likeness (QED) is 0.286. The van der Waals surface area contributed by atoms with E-state index in [0.29, 0.717) is 40.9 Å². The minimum absolute atomic E-state index is 0.000992. The predicted octanol–water partition coefficient (Wildman–Crippen LogP) is 9.78. The van der Waals surface area contributed by atoms with E-state index in [1.807, 2.05) is 0 Å². The number of carbonyl (C=O) groups excluding carboxylic acids is 2. The van der Waals surface area contributed by atoms with Gasteiger partial charge in [0.2, 0.25) is 0 Å². The molecule has 8 aliphatic carbocycles. The molecule has 15 atom stereocenters. The van der Waals surface area contributed by atoms with E-state index < -0.39 is 6.04 Å². The number of hydrogen-bond donors (Lipinski definition) is 1. The predicted molar refractivity (Wildman–Crippen MR) is 190 cm³/mol. The monoisotopic (exact) mass is 664 g/mol. The first-order chi connectivity index (χ1) is 23.0. The van der Waals surface area contributed by atoms with Gasteiger partial charge in [-0.25, -0.2) is 0 Å². The fraction of sp³-hybridized carbons (Fsp3) is 0.953. The van der Waals surface area contributed by atoms with Crippen LogP contribution in [0.3, 0.4) is 0 Å². The number of carbonyl (C=O) groups is 2. The number of nitrogens with two attached hydrogens (primary N) is 1. The molecule has 0 heterocycles. The van der Waals surface area contributed by atoms with Gasteiger partial charge in [0.15, 0.2) is 0 Å². The molecule has 270 valence electrons. The maximum atomic E-state index is 13.6. The number of fused-ring (bicyclic) bond motifs is 10. The van der Waals surface area contributed by atoms with E-state index in [9.17, 15) is 9.59 Å². The van der Waals surface area contributed by atoms with Crippen molar-refractivity contribution in [3.63, 3.8) is 0 Å². The number of rotatable bonds is 6. The van der Waals surface area contributed by atoms with E-state index in [1.165, 1.54) is 103 Å². The molecule has 5 heteroatoms. The summed E-state index contributed by atoms with van der Waals surface area (Å²) in [7, 11) is 0. The van der Waals surface area contributed by atoms with Gasteiger partial charge in [-0.15, -0.1) is 0 Å². The Morgan fingerprint density at radius 2 is 1.08 bits per heavy atom. The van der Waals surface area contributed by atoms with Crippen LogP contribution in [0.15, 0.2) is 0 Å². The maximum absolute atomic E-state index is 13.6. The van der Waals surface area contributed by atoms with Crippen LogP contribution < -0.4 is 5.73 Å². The van der Waals surface area contributed by atoms with Gasteiger partial charge in [0.25, 0.3) is 0 Å². The Kier molecular flexibility index (Phi) is 8.89. The molecule has 2 N–H and O–H groups in total. The van der Waals surface area contributed by atoms with Crippen LogP contribution >= 0.6 is 0 Å². The Labute approximate surface area is 292 Å². The van der Waals surface area contributed by atoms with Gasteiger partial charge in [-0.3, -0.25) is 9.59 Å². The Morgan fingerprint density at radius 1 is 0.583 bits per heavy atom. The Bertz CT molecular complexity index is 1240. The lowest BCUT2D eigenvalue weighted by Crippen LogP contribution is -2.58. The fourth-order valence-electron chi connectivity index (χ4n) is 15.8. The Hall–Kier alpha value is -1.10. The van der Waals surface area contributed by atoms with Crippen LogP contribution in [0.2, 0.25) is 0 Å². The molecule has 8 fully saturated rings. The molecular weight excluding hydrogens is 594 g/mol. The molecule has 0 aliphatic heterocycles. The van der Waals surface area contributed by atoms with Crippen molar-refractivity contribution in [1.82, 2.24) is 0 Å². The molecule has 5 nitrogen and oxygen atoms in total. The molecule has 4 unspecified atom stereocenters. The third kappa shape index (κ3) is 5.29. The highest BCUT2D eigenvalue weighted by atomic mass is 16.6. The van der Waals surface area contributed by atoms with Gasteiger partial charge < -0.3 is 15.2 Å². The van der Waals surface area contributed by atoms with E-state index in [2.05, 4.69) is 27.7 Å². The van der Waals surface area contributed by atoms with Crippen molar-refractivity contribution in [3.8, 4) is 0 Å². The van der Waals surface area contributed by atoms with Gasteiger partial charge in [0, 0.05) is 17.3 Å². The summed E-state index contributed by atoms with van der Waals surface area (Å²) in [6.45, 7) is 10.1. The van der Waals surface area contributed by atoms with Gasteiger partial charge in [-0.2, -0.15) is 0 Å². The molecule has 0 radical (unpaired) electrons. The van der Waals surface area contributed by atoms with E-state index >= 15 is 0 Å². The summed E-state index contributed by atoms with van der Waals surface area (Å²) in [4.78, 5) is 27.2. The van der Waals surface area contributed by atoms with Crippen molar-refractivity contribution in [2.45, 2.75) is 187 Å². The standard InChI is InChI=1S/C43H69NO4/c1-40-23-7-11-31(40)29-17-15-27-9-5-13-36(42(27,3)33(29)21-25-40)47-38(45)20-19-35(44)39(46)48-37-14-6-10-28-16-18-30-32-12-8-24-41(32,2)26-22-34(30)43(28,37)4/h27-37H,5-26,44H2,1-4H3/t27?,28?,29-,30-,31-,32-,33+,34+,35-,36?,37?,40-,41-,42-,43-/m0/s1. The lowest BCUT2D eigenvalue weighted by Gasteiger charge is -2.61. The van der Waals surface area contributed by atoms with Crippen molar-refractivity contribution in [1.29, 1.82) is 0 Å². The Morgan fingerprint density at radius 3 is 1.60 bits per heavy atom. The van der Waals surface area contributed by atoms with Crippen LogP contribution in [-0.2, 0) is 19.1 Å². The van der Waals surface area contributed by atoms with Crippen molar-refractivity contribution in [3.05, 3.63) is 0 Å². The first-order valence-electron chi connectivity index (χ1n) is 21.1. The summed E-state index contributed by atoms with van der Waals surface area (Å²) in [6.07, 6.45) is 26.3. The summed E-state index contributed by atoms with van der Waals surface area (Å²) in [5.74, 6) is 5.49. The first-order valence-corrected chi connectivity index (χ1v) is 21.1. The molecule has 48 heavy (non-hydrogen) atoms. The summed E-state index contributed by atoms with van der Waals surface area (Å²) >= 11 is 0. The molecule has 0 amide bonds. The largest absolute Gasteiger partial charge is 0.462 e. The molecular formula is C43H69NO4. The topological polar surface area (TPSA) is 78.6 Å². The fourth-order valence-corrected chi connectivity index (χ4v) is 15.8. The van der Waals surface area contributed by atoms with Crippen molar-refractivity contribution in [2.24, 2.45) is 74.7 Å². The van der Waals surface area contributed by atoms with Crippen LogP contribution in [0.5, 0.6) is 0 Å². The highest BCUT2D eigenvalue weighted by Crippen LogP contribution is 2.68. The molecule has 8 rings (SSSR count). The molecule has 0 aromatic rings. The zero-order chi connectivity index (χ0) is 33.5. The first kappa shape index (κ1) is 34.0. The van der Waals surface area contributed by atoms with E-state index in [4.69, 9.17) is 15.2 Å². The highest BCUT2D eigenvalue weighted by Gasteiger charge is 2.62. The number of hydrogen-bond acceptors (Lipinski definition) is 5. The summed E-state index contributed by atoms with van der Waals surface area (Å²) in [5, 5.41) is 0. The van der Waals surface area contributed by atoms with Crippen molar-refractivity contribution < 1.29 is 19.1 Å². The Balaban J connectivity index is 0.890. The second kappa shape index (κ2) is 12.5. The minimum atomic E-state index is -0.766. The molecule has 0 saturated heterocycles. The van der Waals surface area contributed by atoms with E-state index in [-0.39, 0.29) is 41.4 Å². The second-order valence-corrected chi connectivity index (χ2v) is 20.1. The number of esters is 2. The molecule has 0 aromatic carbocycles. The maximum Gasteiger partial charge on any atom is 0.323 e. The summed E-state index contributed by atoms with van der Waals surface area (Å²) in [6, 6.07) is -0.766. The zero-order valence-electron chi connectivity index (χ0n) is 31.1. The van der Waals surface area contributed by atoms with Crippen LogP contribution in [0.25, 0.3) is 0 Å². The molecule has 0 spiro atoms. The van der Waals surface area contributed by atoms with Crippen LogP contribution in [0.1, 0.15) is 169 Å². The minimum Gasteiger partial charge on any atom is -0.462 e.